The van der Waals surface area contributed by atoms with Gasteiger partial charge in [0.25, 0.3) is 0 Å². The first kappa shape index (κ1) is 17.6. The van der Waals surface area contributed by atoms with E-state index >= 15 is 0 Å². The van der Waals surface area contributed by atoms with Crippen molar-refractivity contribution in [2.45, 2.75) is 31.8 Å². The van der Waals surface area contributed by atoms with Gasteiger partial charge in [-0.1, -0.05) is 43.8 Å². The second-order valence-electron chi connectivity index (χ2n) is 5.18. The molecule has 0 bridgehead atoms. The average molecular weight is 374 g/mol. The van der Waals surface area contributed by atoms with Crippen LogP contribution in [0.1, 0.15) is 24.3 Å². The van der Waals surface area contributed by atoms with Crippen LogP contribution in [0.15, 0.2) is 35.6 Å². The summed E-state index contributed by atoms with van der Waals surface area (Å²) in [5, 5.41) is 15.9. The number of benzene rings is 1. The molecule has 0 radical (unpaired) electrons. The van der Waals surface area contributed by atoms with Gasteiger partial charge in [0, 0.05) is 11.1 Å². The number of hydrogen-bond donors (Lipinski definition) is 1. The number of hydrogen-bond acceptors (Lipinski definition) is 7. The number of thioether (sulfide) groups is 1. The summed E-state index contributed by atoms with van der Waals surface area (Å²) in [5.41, 5.74) is 2.08. The Bertz CT molecular complexity index is 860. The molecule has 0 saturated heterocycles. The summed E-state index contributed by atoms with van der Waals surface area (Å²) < 4.78 is 1.68. The first-order valence-electron chi connectivity index (χ1n) is 7.95. The van der Waals surface area contributed by atoms with Crippen molar-refractivity contribution in [3.05, 3.63) is 40.9 Å². The first-order valence-corrected chi connectivity index (χ1v) is 9.75. The van der Waals surface area contributed by atoms with Crippen LogP contribution in [-0.4, -0.2) is 36.9 Å². The van der Waals surface area contributed by atoms with Crippen LogP contribution in [0.2, 0.25) is 0 Å². The number of aromatic nitrogens is 5. The summed E-state index contributed by atoms with van der Waals surface area (Å²) in [7, 11) is 0. The minimum atomic E-state index is -0.125. The molecule has 130 valence electrons. The van der Waals surface area contributed by atoms with Crippen LogP contribution in [-0.2, 0) is 17.6 Å². The van der Waals surface area contributed by atoms with E-state index in [-0.39, 0.29) is 11.7 Å². The number of amides is 1. The predicted molar refractivity (Wildman–Crippen MR) is 99.4 cm³/mol. The van der Waals surface area contributed by atoms with E-state index in [2.05, 4.69) is 39.7 Å². The first-order chi connectivity index (χ1) is 12.2. The van der Waals surface area contributed by atoms with Crippen LogP contribution in [0.4, 0.5) is 5.13 Å². The van der Waals surface area contributed by atoms with Gasteiger partial charge in [0.15, 0.2) is 5.13 Å². The molecule has 2 heterocycles. The second-order valence-corrected chi connectivity index (χ2v) is 7.24. The van der Waals surface area contributed by atoms with Gasteiger partial charge in [-0.25, -0.2) is 4.98 Å². The fourth-order valence-electron chi connectivity index (χ4n) is 2.25. The summed E-state index contributed by atoms with van der Waals surface area (Å²) in [6.45, 7) is 4.14. The van der Waals surface area contributed by atoms with E-state index < -0.39 is 0 Å². The molecule has 25 heavy (non-hydrogen) atoms. The number of tetrazole rings is 1. The number of carbonyl (C=O) groups is 1. The molecular weight excluding hydrogens is 356 g/mol. The van der Waals surface area contributed by atoms with Gasteiger partial charge in [-0.3, -0.25) is 4.79 Å². The molecule has 0 aliphatic rings. The Morgan fingerprint density at radius 2 is 2.12 bits per heavy atom. The minimum Gasteiger partial charge on any atom is -0.301 e. The van der Waals surface area contributed by atoms with Gasteiger partial charge >= 0.3 is 0 Å². The maximum absolute atomic E-state index is 12.1. The molecule has 3 aromatic rings. The Morgan fingerprint density at radius 1 is 1.28 bits per heavy atom. The lowest BCUT2D eigenvalue weighted by Gasteiger charge is -2.08. The molecule has 1 aromatic carbocycles. The maximum Gasteiger partial charge on any atom is 0.236 e. The van der Waals surface area contributed by atoms with Gasteiger partial charge in [0.05, 0.1) is 11.4 Å². The highest BCUT2D eigenvalue weighted by Gasteiger charge is 2.14. The Labute approximate surface area is 153 Å². The molecule has 2 aromatic heterocycles. The lowest BCUT2D eigenvalue weighted by atomic mass is 10.1. The number of thiazole rings is 1. The van der Waals surface area contributed by atoms with Crippen molar-refractivity contribution in [1.29, 1.82) is 0 Å². The predicted octanol–water partition coefficient (Wildman–Crippen LogP) is 2.97. The fraction of sp³-hybridized carbons (Fsp3) is 0.312. The van der Waals surface area contributed by atoms with Crippen LogP contribution in [0.5, 0.6) is 0 Å². The topological polar surface area (TPSA) is 85.6 Å². The summed E-state index contributed by atoms with van der Waals surface area (Å²) in [6.07, 6.45) is 3.58. The normalized spacial score (nSPS) is 10.8. The molecular formula is C16H18N6OS2. The Hall–Kier alpha value is -2.26. The number of nitrogens with one attached hydrogen (secondary N) is 1. The van der Waals surface area contributed by atoms with Gasteiger partial charge in [-0.05, 0) is 34.9 Å². The Morgan fingerprint density at radius 3 is 2.88 bits per heavy atom. The molecule has 0 saturated carbocycles. The zero-order chi connectivity index (χ0) is 17.6. The van der Waals surface area contributed by atoms with E-state index in [0.29, 0.717) is 10.3 Å². The molecule has 0 aliphatic carbocycles. The third-order valence-corrected chi connectivity index (χ3v) is 5.50. The number of anilines is 1. The summed E-state index contributed by atoms with van der Waals surface area (Å²) in [4.78, 5) is 17.5. The molecule has 0 fully saturated rings. The maximum atomic E-state index is 12.1. The standard InChI is InChI=1S/C16H18N6OS2/c1-3-11-7-5-6-8-13(11)22-16(19-20-21-22)24-10-14(23)18-15-17-9-12(4-2)25-15/h5-9H,3-4,10H2,1-2H3,(H,17,18,23). The van der Waals surface area contributed by atoms with Gasteiger partial charge in [0.1, 0.15) is 0 Å². The zero-order valence-electron chi connectivity index (χ0n) is 14.0. The SMILES string of the molecule is CCc1cnc(NC(=O)CSc2nnnn2-c2ccccc2CC)s1. The van der Waals surface area contributed by atoms with Crippen LogP contribution in [0.25, 0.3) is 5.69 Å². The van der Waals surface area contributed by atoms with Crippen molar-refractivity contribution in [3.63, 3.8) is 0 Å². The van der Waals surface area contributed by atoms with Crippen molar-refractivity contribution in [3.8, 4) is 5.69 Å². The van der Waals surface area contributed by atoms with Crippen molar-refractivity contribution in [1.82, 2.24) is 25.2 Å². The average Bonchev–Trinajstić information content (AvgIpc) is 3.28. The third-order valence-electron chi connectivity index (χ3n) is 3.52. The highest BCUT2D eigenvalue weighted by Crippen LogP contribution is 2.22. The molecule has 0 atom stereocenters. The number of carbonyl (C=O) groups excluding carboxylic acids is 1. The van der Waals surface area contributed by atoms with Gasteiger partial charge in [-0.15, -0.1) is 16.4 Å². The molecule has 0 unspecified atom stereocenters. The van der Waals surface area contributed by atoms with Crippen molar-refractivity contribution in [2.24, 2.45) is 0 Å². The summed E-state index contributed by atoms with van der Waals surface area (Å²) in [5.74, 6) is 0.0933. The lowest BCUT2D eigenvalue weighted by molar-refractivity contribution is -0.113. The zero-order valence-corrected chi connectivity index (χ0v) is 15.6. The molecule has 1 N–H and O–H groups in total. The molecule has 0 aliphatic heterocycles. The van der Waals surface area contributed by atoms with Crippen molar-refractivity contribution in [2.75, 3.05) is 11.1 Å². The Balaban J connectivity index is 1.66. The van der Waals surface area contributed by atoms with E-state index in [1.807, 2.05) is 24.3 Å². The molecule has 1 amide bonds. The van der Waals surface area contributed by atoms with Gasteiger partial charge in [0.2, 0.25) is 11.1 Å². The summed E-state index contributed by atoms with van der Waals surface area (Å²) >= 11 is 2.79. The molecule has 0 spiro atoms. The Kier molecular flexibility index (Phi) is 5.77. The third kappa shape index (κ3) is 4.23. The number of aryl methyl sites for hydroxylation is 2. The molecule has 7 nitrogen and oxygen atoms in total. The fourth-order valence-corrected chi connectivity index (χ4v) is 3.70. The number of nitrogens with zero attached hydrogens (tertiary/aromatic N) is 5. The highest BCUT2D eigenvalue weighted by atomic mass is 32.2. The molecule has 3 rings (SSSR count). The molecule has 9 heteroatoms. The quantitative estimate of drug-likeness (QED) is 0.640. The number of para-hydroxylation sites is 1. The van der Waals surface area contributed by atoms with E-state index in [9.17, 15) is 4.79 Å². The highest BCUT2D eigenvalue weighted by molar-refractivity contribution is 7.99. The van der Waals surface area contributed by atoms with Crippen LogP contribution < -0.4 is 5.32 Å². The van der Waals surface area contributed by atoms with Crippen molar-refractivity contribution >= 4 is 34.1 Å². The minimum absolute atomic E-state index is 0.125. The smallest absolute Gasteiger partial charge is 0.236 e. The van der Waals surface area contributed by atoms with E-state index in [4.69, 9.17) is 0 Å². The van der Waals surface area contributed by atoms with Crippen LogP contribution in [0.3, 0.4) is 0 Å². The van der Waals surface area contributed by atoms with Crippen LogP contribution >= 0.6 is 23.1 Å². The lowest BCUT2D eigenvalue weighted by Crippen LogP contribution is -2.14. The second kappa shape index (κ2) is 8.21. The number of rotatable bonds is 7. The van der Waals surface area contributed by atoms with Gasteiger partial charge < -0.3 is 5.32 Å². The largest absolute Gasteiger partial charge is 0.301 e. The van der Waals surface area contributed by atoms with E-state index in [1.54, 1.807) is 10.9 Å². The van der Waals surface area contributed by atoms with Crippen molar-refractivity contribution < 1.29 is 4.79 Å². The monoisotopic (exact) mass is 374 g/mol. The van der Waals surface area contributed by atoms with Gasteiger partial charge in [-0.2, -0.15) is 4.68 Å². The van der Waals surface area contributed by atoms with E-state index in [0.717, 1.165) is 29.0 Å². The summed E-state index contributed by atoms with van der Waals surface area (Å²) in [6, 6.07) is 7.96. The van der Waals surface area contributed by atoms with E-state index in [1.165, 1.54) is 23.1 Å². The van der Waals surface area contributed by atoms with Crippen LogP contribution in [0, 0.1) is 0 Å².